The lowest BCUT2D eigenvalue weighted by molar-refractivity contribution is 0.0882. The van der Waals surface area contributed by atoms with E-state index in [1.54, 1.807) is 56.9 Å². The van der Waals surface area contributed by atoms with Crippen LogP contribution in [0.3, 0.4) is 0 Å². The van der Waals surface area contributed by atoms with Gasteiger partial charge in [0.05, 0.1) is 32.5 Å². The number of methoxy groups -OCH3 is 3. The topological polar surface area (TPSA) is 66.5 Å². The van der Waals surface area contributed by atoms with E-state index in [4.69, 9.17) is 23.7 Å². The minimum atomic E-state index is -0.181. The Morgan fingerprint density at radius 3 is 2.58 bits per heavy atom. The number of ether oxygens (including phenoxy) is 5. The largest absolute Gasteiger partial charge is 0.496 e. The van der Waals surface area contributed by atoms with Crippen molar-refractivity contribution >= 4 is 23.2 Å². The molecule has 0 radical (unpaired) electrons. The van der Waals surface area contributed by atoms with Crippen molar-refractivity contribution in [2.24, 2.45) is 0 Å². The number of fused-ring (bicyclic) bond motifs is 3. The van der Waals surface area contributed by atoms with E-state index in [1.807, 2.05) is 12.1 Å². The molecule has 2 aliphatic rings. The summed E-state index contributed by atoms with van der Waals surface area (Å²) < 4.78 is 28.3. The number of hydrogen-bond donors (Lipinski definition) is 0. The molecular weight excluding hydrogens is 442 g/mol. The van der Waals surface area contributed by atoms with Gasteiger partial charge in [-0.05, 0) is 35.7 Å². The molecule has 0 saturated carbocycles. The Bertz CT molecular complexity index is 1230. The maximum atomic E-state index is 13.2. The van der Waals surface area contributed by atoms with Crippen molar-refractivity contribution in [1.29, 1.82) is 0 Å². The third-order valence-corrected chi connectivity index (χ3v) is 6.53. The van der Waals surface area contributed by atoms with E-state index in [9.17, 15) is 4.79 Å². The van der Waals surface area contributed by atoms with Crippen LogP contribution in [0.25, 0.3) is 6.08 Å². The van der Waals surface area contributed by atoms with Gasteiger partial charge in [0.15, 0.2) is 17.3 Å². The fourth-order valence-electron chi connectivity index (χ4n) is 4.04. The quantitative estimate of drug-likeness (QED) is 0.487. The molecule has 0 amide bonds. The number of ketones is 1. The van der Waals surface area contributed by atoms with Gasteiger partial charge in [-0.2, -0.15) is 0 Å². The summed E-state index contributed by atoms with van der Waals surface area (Å²) in [4.78, 5) is 16.6. The summed E-state index contributed by atoms with van der Waals surface area (Å²) in [6, 6.07) is 11.2. The van der Waals surface area contributed by atoms with E-state index in [0.717, 1.165) is 17.9 Å². The molecule has 33 heavy (non-hydrogen) atoms. The highest BCUT2D eigenvalue weighted by molar-refractivity contribution is 7.09. The van der Waals surface area contributed by atoms with Gasteiger partial charge in [0.2, 0.25) is 5.78 Å². The van der Waals surface area contributed by atoms with Crippen molar-refractivity contribution in [2.75, 3.05) is 28.1 Å². The van der Waals surface area contributed by atoms with E-state index < -0.39 is 0 Å². The number of nitrogens with zero attached hydrogens (tertiary/aromatic N) is 1. The van der Waals surface area contributed by atoms with Gasteiger partial charge < -0.3 is 23.7 Å². The van der Waals surface area contributed by atoms with E-state index >= 15 is 0 Å². The second-order valence-corrected chi connectivity index (χ2v) is 8.68. The molecule has 1 aromatic heterocycles. The fraction of sp³-hybridized carbons (Fsp3) is 0.240. The monoisotopic (exact) mass is 465 g/mol. The van der Waals surface area contributed by atoms with Crippen LogP contribution < -0.4 is 23.7 Å². The summed E-state index contributed by atoms with van der Waals surface area (Å²) in [5, 5.41) is 2.06. The first kappa shape index (κ1) is 21.4. The predicted molar refractivity (Wildman–Crippen MR) is 125 cm³/mol. The predicted octanol–water partition coefficient (Wildman–Crippen LogP) is 4.74. The average Bonchev–Trinajstić information content (AvgIpc) is 3.46. The number of carbonyl (C=O) groups excluding carboxylic acids is 1. The van der Waals surface area contributed by atoms with E-state index in [-0.39, 0.29) is 11.5 Å². The highest BCUT2D eigenvalue weighted by atomic mass is 32.1. The number of thiophene rings is 1. The molecule has 0 spiro atoms. The molecule has 0 saturated heterocycles. The number of benzene rings is 2. The highest BCUT2D eigenvalue weighted by Gasteiger charge is 2.34. The van der Waals surface area contributed by atoms with Crippen molar-refractivity contribution in [3.8, 4) is 28.7 Å². The third kappa shape index (κ3) is 3.92. The molecule has 0 fully saturated rings. The molecule has 0 unspecified atom stereocenters. The summed E-state index contributed by atoms with van der Waals surface area (Å²) >= 11 is 1.71. The summed E-state index contributed by atoms with van der Waals surface area (Å²) in [7, 11) is 4.68. The van der Waals surface area contributed by atoms with Crippen LogP contribution in [0.5, 0.6) is 28.7 Å². The maximum absolute atomic E-state index is 13.2. The van der Waals surface area contributed by atoms with Gasteiger partial charge in [-0.1, -0.05) is 6.07 Å². The molecule has 3 heterocycles. The first-order chi connectivity index (χ1) is 16.1. The molecule has 170 valence electrons. The van der Waals surface area contributed by atoms with Gasteiger partial charge in [0, 0.05) is 29.6 Å². The second-order valence-electron chi connectivity index (χ2n) is 7.65. The van der Waals surface area contributed by atoms with E-state index in [1.165, 1.54) is 4.88 Å². The summed E-state index contributed by atoms with van der Waals surface area (Å²) in [5.41, 5.74) is 2.06. The van der Waals surface area contributed by atoms with Gasteiger partial charge in [-0.15, -0.1) is 11.3 Å². The molecular formula is C25H23NO6S. The van der Waals surface area contributed by atoms with Crippen LogP contribution in [0, 0.1) is 0 Å². The van der Waals surface area contributed by atoms with Crippen LogP contribution >= 0.6 is 11.3 Å². The van der Waals surface area contributed by atoms with Crippen LogP contribution in [0.4, 0.5) is 0 Å². The van der Waals surface area contributed by atoms with Crippen molar-refractivity contribution in [1.82, 2.24) is 4.90 Å². The molecule has 0 bridgehead atoms. The minimum absolute atomic E-state index is 0.181. The van der Waals surface area contributed by atoms with Gasteiger partial charge in [-0.25, -0.2) is 0 Å². The summed E-state index contributed by atoms with van der Waals surface area (Å²) in [6.07, 6.45) is 1.67. The first-order valence-corrected chi connectivity index (χ1v) is 11.3. The molecule has 2 aromatic carbocycles. The van der Waals surface area contributed by atoms with Crippen LogP contribution in [0.15, 0.2) is 47.5 Å². The third-order valence-electron chi connectivity index (χ3n) is 5.66. The Morgan fingerprint density at radius 2 is 1.85 bits per heavy atom. The van der Waals surface area contributed by atoms with Gasteiger partial charge >= 0.3 is 0 Å². The average molecular weight is 466 g/mol. The fourth-order valence-corrected chi connectivity index (χ4v) is 4.78. The Balaban J connectivity index is 1.47. The van der Waals surface area contributed by atoms with Crippen LogP contribution in [0.1, 0.15) is 26.4 Å². The van der Waals surface area contributed by atoms with Crippen molar-refractivity contribution < 1.29 is 28.5 Å². The zero-order chi connectivity index (χ0) is 22.9. The Kier molecular flexibility index (Phi) is 5.70. The number of carbonyl (C=O) groups is 1. The molecule has 0 atom stereocenters. The standard InChI is InChI=1S/C25H23NO6S/c1-28-20-11-22(30-3)21(29-2)9-15(20)10-23-24(27)17-6-7-19-18(25(17)32-23)13-26(14-31-19)12-16-5-4-8-33-16/h4-11H,12-14H2,1-3H3/b23-10-. The molecule has 2 aliphatic heterocycles. The minimum Gasteiger partial charge on any atom is -0.496 e. The number of allylic oxidation sites excluding steroid dienone is 1. The first-order valence-electron chi connectivity index (χ1n) is 10.4. The molecule has 3 aromatic rings. The lowest BCUT2D eigenvalue weighted by atomic mass is 10.0. The zero-order valence-electron chi connectivity index (χ0n) is 18.5. The van der Waals surface area contributed by atoms with Gasteiger partial charge in [-0.3, -0.25) is 9.69 Å². The second kappa shape index (κ2) is 8.80. The van der Waals surface area contributed by atoms with Gasteiger partial charge in [0.1, 0.15) is 24.0 Å². The summed E-state index contributed by atoms with van der Waals surface area (Å²) in [5.74, 6) is 2.95. The Morgan fingerprint density at radius 1 is 1.06 bits per heavy atom. The maximum Gasteiger partial charge on any atom is 0.231 e. The van der Waals surface area contributed by atoms with Gasteiger partial charge in [0.25, 0.3) is 0 Å². The normalized spacial score (nSPS) is 16.1. The van der Waals surface area contributed by atoms with Crippen molar-refractivity contribution in [3.63, 3.8) is 0 Å². The van der Waals surface area contributed by atoms with Crippen molar-refractivity contribution in [2.45, 2.75) is 13.1 Å². The SMILES string of the molecule is COc1cc(OC)c(OC)cc1/C=C1\Oc2c(ccc3c2CN(Cc2cccs2)CO3)C1=O. The number of hydrogen-bond acceptors (Lipinski definition) is 8. The number of rotatable bonds is 6. The Labute approximate surface area is 195 Å². The molecule has 8 heteroatoms. The van der Waals surface area contributed by atoms with E-state index in [2.05, 4.69) is 16.3 Å². The zero-order valence-corrected chi connectivity index (χ0v) is 19.4. The Hall–Kier alpha value is -3.49. The lowest BCUT2D eigenvalue weighted by Crippen LogP contribution is -2.31. The highest BCUT2D eigenvalue weighted by Crippen LogP contribution is 2.43. The molecule has 7 nitrogen and oxygen atoms in total. The summed E-state index contributed by atoms with van der Waals surface area (Å²) in [6.45, 7) is 1.90. The van der Waals surface area contributed by atoms with Crippen LogP contribution in [-0.4, -0.2) is 38.7 Å². The van der Waals surface area contributed by atoms with Crippen LogP contribution in [0.2, 0.25) is 0 Å². The number of Topliss-reactive ketones (excluding diaryl/α,β-unsaturated/α-hetero) is 1. The van der Waals surface area contributed by atoms with E-state index in [0.29, 0.717) is 47.4 Å². The molecule has 5 rings (SSSR count). The smallest absolute Gasteiger partial charge is 0.231 e. The van der Waals surface area contributed by atoms with Crippen molar-refractivity contribution in [3.05, 3.63) is 69.1 Å². The molecule has 0 aliphatic carbocycles. The lowest BCUT2D eigenvalue weighted by Gasteiger charge is -2.29. The van der Waals surface area contributed by atoms with Crippen LogP contribution in [-0.2, 0) is 13.1 Å². The molecule has 0 N–H and O–H groups in total.